The van der Waals surface area contributed by atoms with Gasteiger partial charge in [0.1, 0.15) is 0 Å². The Labute approximate surface area is 181 Å². The maximum absolute atomic E-state index is 13.1. The number of sulfonamides is 1. The highest BCUT2D eigenvalue weighted by Crippen LogP contribution is 2.34. The first-order valence-electron chi connectivity index (χ1n) is 9.56. The second-order valence-corrected chi connectivity index (χ2v) is 9.91. The minimum absolute atomic E-state index is 0.212. The van der Waals surface area contributed by atoms with Crippen molar-refractivity contribution >= 4 is 39.1 Å². The normalized spacial score (nSPS) is 13.2. The number of carbonyl (C=O) groups excluding carboxylic acids is 1. The van der Waals surface area contributed by atoms with Gasteiger partial charge in [-0.05, 0) is 73.7 Å². The Morgan fingerprint density at radius 1 is 1.03 bits per heavy atom. The third-order valence-electron chi connectivity index (χ3n) is 5.13. The summed E-state index contributed by atoms with van der Waals surface area (Å²) in [6, 6.07) is 19.7. The number of thioether (sulfide) groups is 1. The fourth-order valence-electron chi connectivity index (χ4n) is 3.50. The summed E-state index contributed by atoms with van der Waals surface area (Å²) in [5, 5.41) is 2.91. The van der Waals surface area contributed by atoms with Gasteiger partial charge in [0.05, 0.1) is 10.6 Å². The van der Waals surface area contributed by atoms with Crippen molar-refractivity contribution in [2.45, 2.75) is 23.1 Å². The maximum atomic E-state index is 13.1. The second kappa shape index (κ2) is 8.16. The van der Waals surface area contributed by atoms with Crippen LogP contribution in [0.1, 0.15) is 21.5 Å². The van der Waals surface area contributed by atoms with E-state index in [1.54, 1.807) is 54.2 Å². The standard InChI is InChI=1S/C23H22N2O3S2/c1-16-6-9-21(10-7-16)30(27,28)25-13-12-17-14-18(8-11-22(17)25)23(26)24-19-4-3-5-20(15-19)29-2/h3-11,14-15H,12-13H2,1-2H3,(H,24,26). The number of carbonyl (C=O) groups is 1. The molecule has 1 aliphatic heterocycles. The van der Waals surface area contributed by atoms with E-state index in [-0.39, 0.29) is 10.8 Å². The average molecular weight is 439 g/mol. The summed E-state index contributed by atoms with van der Waals surface area (Å²) in [5.74, 6) is -0.212. The fourth-order valence-corrected chi connectivity index (χ4v) is 5.47. The molecule has 0 fully saturated rings. The van der Waals surface area contributed by atoms with Gasteiger partial charge in [-0.25, -0.2) is 8.42 Å². The fraction of sp³-hybridized carbons (Fsp3) is 0.174. The average Bonchev–Trinajstić information content (AvgIpc) is 3.18. The highest BCUT2D eigenvalue weighted by molar-refractivity contribution is 7.98. The van der Waals surface area contributed by atoms with Crippen LogP contribution in [0.15, 0.2) is 76.5 Å². The van der Waals surface area contributed by atoms with Gasteiger partial charge in [-0.3, -0.25) is 9.10 Å². The van der Waals surface area contributed by atoms with E-state index in [9.17, 15) is 13.2 Å². The minimum atomic E-state index is -3.63. The molecule has 0 radical (unpaired) electrons. The monoisotopic (exact) mass is 438 g/mol. The molecular formula is C23H22N2O3S2. The van der Waals surface area contributed by atoms with E-state index in [1.807, 2.05) is 37.4 Å². The molecule has 0 spiro atoms. The van der Waals surface area contributed by atoms with Crippen molar-refractivity contribution in [2.24, 2.45) is 0 Å². The highest BCUT2D eigenvalue weighted by atomic mass is 32.2. The third-order valence-corrected chi connectivity index (χ3v) is 7.68. The number of nitrogens with one attached hydrogen (secondary N) is 1. The van der Waals surface area contributed by atoms with E-state index in [0.717, 1.165) is 21.7 Å². The Kier molecular flexibility index (Phi) is 5.58. The first kappa shape index (κ1) is 20.5. The van der Waals surface area contributed by atoms with Crippen LogP contribution in [0.2, 0.25) is 0 Å². The van der Waals surface area contributed by atoms with E-state index >= 15 is 0 Å². The van der Waals surface area contributed by atoms with Gasteiger partial charge < -0.3 is 5.32 Å². The molecule has 0 aromatic heterocycles. The van der Waals surface area contributed by atoms with Crippen molar-refractivity contribution in [1.82, 2.24) is 0 Å². The molecule has 4 rings (SSSR count). The molecule has 3 aromatic rings. The molecule has 30 heavy (non-hydrogen) atoms. The predicted octanol–water partition coefficient (Wildman–Crippen LogP) is 4.72. The van der Waals surface area contributed by atoms with Gasteiger partial charge in [-0.1, -0.05) is 23.8 Å². The van der Waals surface area contributed by atoms with Crippen LogP contribution in [0.25, 0.3) is 0 Å². The molecule has 1 aliphatic rings. The molecule has 5 nitrogen and oxygen atoms in total. The first-order chi connectivity index (χ1) is 14.4. The van der Waals surface area contributed by atoms with Crippen LogP contribution in [0.4, 0.5) is 11.4 Å². The quantitative estimate of drug-likeness (QED) is 0.586. The van der Waals surface area contributed by atoms with E-state index in [1.165, 1.54) is 4.31 Å². The van der Waals surface area contributed by atoms with Crippen LogP contribution < -0.4 is 9.62 Å². The van der Waals surface area contributed by atoms with Crippen LogP contribution >= 0.6 is 11.8 Å². The Morgan fingerprint density at radius 3 is 2.53 bits per heavy atom. The lowest BCUT2D eigenvalue weighted by molar-refractivity contribution is 0.102. The van der Waals surface area contributed by atoms with Gasteiger partial charge in [0.15, 0.2) is 0 Å². The number of fused-ring (bicyclic) bond motifs is 1. The number of benzene rings is 3. The van der Waals surface area contributed by atoms with Gasteiger partial charge in [-0.2, -0.15) is 0 Å². The van der Waals surface area contributed by atoms with Crippen molar-refractivity contribution in [2.75, 3.05) is 22.4 Å². The Bertz CT molecular complexity index is 1210. The predicted molar refractivity (Wildman–Crippen MR) is 122 cm³/mol. The number of rotatable bonds is 5. The van der Waals surface area contributed by atoms with Crippen molar-refractivity contribution in [3.63, 3.8) is 0 Å². The van der Waals surface area contributed by atoms with Crippen molar-refractivity contribution in [1.29, 1.82) is 0 Å². The molecule has 0 saturated heterocycles. The Balaban J connectivity index is 1.57. The number of anilines is 2. The summed E-state index contributed by atoms with van der Waals surface area (Å²) < 4.78 is 27.6. The lowest BCUT2D eigenvalue weighted by Crippen LogP contribution is -2.29. The summed E-state index contributed by atoms with van der Waals surface area (Å²) in [4.78, 5) is 14.0. The molecule has 0 atom stereocenters. The summed E-state index contributed by atoms with van der Waals surface area (Å²) in [6.45, 7) is 2.29. The zero-order valence-electron chi connectivity index (χ0n) is 16.8. The molecule has 3 aromatic carbocycles. The number of nitrogens with zero attached hydrogens (tertiary/aromatic N) is 1. The first-order valence-corrected chi connectivity index (χ1v) is 12.2. The molecule has 154 valence electrons. The topological polar surface area (TPSA) is 66.5 Å². The maximum Gasteiger partial charge on any atom is 0.264 e. The number of hydrogen-bond donors (Lipinski definition) is 1. The summed E-state index contributed by atoms with van der Waals surface area (Å²) in [6.07, 6.45) is 2.56. The molecule has 7 heteroatoms. The SMILES string of the molecule is CSc1cccc(NC(=O)c2ccc3c(c2)CCN3S(=O)(=O)c2ccc(C)cc2)c1. The van der Waals surface area contributed by atoms with Gasteiger partial charge in [0.25, 0.3) is 15.9 Å². The zero-order chi connectivity index (χ0) is 21.3. The van der Waals surface area contributed by atoms with E-state index in [4.69, 9.17) is 0 Å². The van der Waals surface area contributed by atoms with E-state index < -0.39 is 10.0 Å². The van der Waals surface area contributed by atoms with Crippen LogP contribution in [-0.2, 0) is 16.4 Å². The van der Waals surface area contributed by atoms with Gasteiger partial charge in [-0.15, -0.1) is 11.8 Å². The third kappa shape index (κ3) is 3.95. The van der Waals surface area contributed by atoms with Crippen LogP contribution in [-0.4, -0.2) is 27.1 Å². The highest BCUT2D eigenvalue weighted by Gasteiger charge is 2.31. The zero-order valence-corrected chi connectivity index (χ0v) is 18.4. The van der Waals surface area contributed by atoms with E-state index in [0.29, 0.717) is 24.2 Å². The molecule has 1 heterocycles. The lowest BCUT2D eigenvalue weighted by Gasteiger charge is -2.20. The minimum Gasteiger partial charge on any atom is -0.322 e. The molecule has 1 amide bonds. The molecule has 0 aliphatic carbocycles. The van der Waals surface area contributed by atoms with E-state index in [2.05, 4.69) is 5.32 Å². The Morgan fingerprint density at radius 2 is 1.80 bits per heavy atom. The van der Waals surface area contributed by atoms with Crippen LogP contribution in [0, 0.1) is 6.92 Å². The molecule has 1 N–H and O–H groups in total. The Hall–Kier alpha value is -2.77. The summed E-state index contributed by atoms with van der Waals surface area (Å²) >= 11 is 1.61. The van der Waals surface area contributed by atoms with Crippen molar-refractivity contribution in [3.8, 4) is 0 Å². The molecule has 0 bridgehead atoms. The number of hydrogen-bond acceptors (Lipinski definition) is 4. The summed E-state index contributed by atoms with van der Waals surface area (Å²) in [5.41, 5.74) is 3.75. The molecule has 0 unspecified atom stereocenters. The smallest absolute Gasteiger partial charge is 0.264 e. The van der Waals surface area contributed by atoms with Crippen LogP contribution in [0.3, 0.4) is 0 Å². The summed E-state index contributed by atoms with van der Waals surface area (Å²) in [7, 11) is -3.63. The molecular weight excluding hydrogens is 416 g/mol. The second-order valence-electron chi connectivity index (χ2n) is 7.17. The lowest BCUT2D eigenvalue weighted by atomic mass is 10.1. The van der Waals surface area contributed by atoms with Gasteiger partial charge in [0, 0.05) is 22.7 Å². The van der Waals surface area contributed by atoms with Crippen molar-refractivity contribution in [3.05, 3.63) is 83.4 Å². The van der Waals surface area contributed by atoms with Gasteiger partial charge >= 0.3 is 0 Å². The number of aryl methyl sites for hydroxylation is 1. The molecule has 0 saturated carbocycles. The largest absolute Gasteiger partial charge is 0.322 e. The van der Waals surface area contributed by atoms with Crippen molar-refractivity contribution < 1.29 is 13.2 Å². The van der Waals surface area contributed by atoms with Gasteiger partial charge in [0.2, 0.25) is 0 Å². The number of amides is 1. The van der Waals surface area contributed by atoms with Crippen LogP contribution in [0.5, 0.6) is 0 Å².